The van der Waals surface area contributed by atoms with Crippen LogP contribution in [0.15, 0.2) is 45.9 Å². The van der Waals surface area contributed by atoms with Crippen molar-refractivity contribution in [2.24, 2.45) is 0 Å². The first-order valence-corrected chi connectivity index (χ1v) is 8.84. The molecule has 0 atom stereocenters. The predicted molar refractivity (Wildman–Crippen MR) is 98.0 cm³/mol. The van der Waals surface area contributed by atoms with Gasteiger partial charge in [-0.3, -0.25) is 19.3 Å². The van der Waals surface area contributed by atoms with E-state index in [0.29, 0.717) is 28.5 Å². The fourth-order valence-electron chi connectivity index (χ4n) is 2.45. The van der Waals surface area contributed by atoms with Crippen LogP contribution in [0.3, 0.4) is 0 Å². The predicted octanol–water partition coefficient (Wildman–Crippen LogP) is 3.98. The zero-order valence-electron chi connectivity index (χ0n) is 14.8. The molecule has 0 unspecified atom stereocenters. The van der Waals surface area contributed by atoms with Crippen LogP contribution in [0.5, 0.6) is 5.75 Å². The van der Waals surface area contributed by atoms with E-state index in [4.69, 9.17) is 9.15 Å². The second kappa shape index (κ2) is 8.03. The van der Waals surface area contributed by atoms with Crippen molar-refractivity contribution in [3.05, 3.63) is 52.8 Å². The third kappa shape index (κ3) is 4.62. The van der Waals surface area contributed by atoms with Gasteiger partial charge in [-0.15, -0.1) is 0 Å². The number of furan rings is 1. The number of halogens is 3. The number of amides is 3. The molecule has 1 aromatic heterocycles. The van der Waals surface area contributed by atoms with Crippen LogP contribution in [-0.4, -0.2) is 35.6 Å². The number of thioether (sulfide) groups is 1. The van der Waals surface area contributed by atoms with E-state index in [1.165, 1.54) is 19.4 Å². The highest BCUT2D eigenvalue weighted by Gasteiger charge is 2.37. The molecule has 1 aliphatic heterocycles. The first-order chi connectivity index (χ1) is 13.7. The second-order valence-electron chi connectivity index (χ2n) is 5.74. The van der Waals surface area contributed by atoms with Gasteiger partial charge in [-0.1, -0.05) is 0 Å². The van der Waals surface area contributed by atoms with Gasteiger partial charge in [0.2, 0.25) is 5.91 Å². The molecule has 1 aromatic carbocycles. The van der Waals surface area contributed by atoms with Gasteiger partial charge < -0.3 is 14.5 Å². The molecule has 2 heterocycles. The van der Waals surface area contributed by atoms with Gasteiger partial charge in [0.05, 0.1) is 29.5 Å². The number of ether oxygens (including phenoxy) is 1. The van der Waals surface area contributed by atoms with Crippen molar-refractivity contribution in [2.75, 3.05) is 19.0 Å². The molecule has 1 fully saturated rings. The molecular weight excluding hydrogens is 413 g/mol. The van der Waals surface area contributed by atoms with E-state index in [0.717, 1.165) is 12.1 Å². The third-order valence-corrected chi connectivity index (χ3v) is 4.70. The second-order valence-corrected chi connectivity index (χ2v) is 6.74. The molecule has 1 saturated heterocycles. The molecular formula is C18H13F3N2O5S. The average molecular weight is 426 g/mol. The third-order valence-electron chi connectivity index (χ3n) is 3.79. The Balaban J connectivity index is 1.74. The first-order valence-electron chi connectivity index (χ1n) is 8.03. The summed E-state index contributed by atoms with van der Waals surface area (Å²) in [6.07, 6.45) is -1.86. The van der Waals surface area contributed by atoms with E-state index in [1.54, 1.807) is 12.1 Å². The Hall–Kier alpha value is -3.21. The van der Waals surface area contributed by atoms with Crippen LogP contribution in [0.2, 0.25) is 0 Å². The van der Waals surface area contributed by atoms with Gasteiger partial charge in [0.1, 0.15) is 18.1 Å². The van der Waals surface area contributed by atoms with Gasteiger partial charge in [-0.25, -0.2) is 0 Å². The summed E-state index contributed by atoms with van der Waals surface area (Å²) in [5.74, 6) is -1.21. The quantitative estimate of drug-likeness (QED) is 0.728. The molecule has 0 saturated carbocycles. The molecule has 1 aliphatic rings. The summed E-state index contributed by atoms with van der Waals surface area (Å²) in [7, 11) is 1.23. The van der Waals surface area contributed by atoms with E-state index in [2.05, 4.69) is 5.32 Å². The SMILES string of the molecule is COc1ccc(C(F)(F)F)cc1NC(=O)CN1C(=O)S/C(=C\c2ccco2)C1=O. The Morgan fingerprint density at radius 1 is 1.31 bits per heavy atom. The molecule has 0 spiro atoms. The maximum absolute atomic E-state index is 12.9. The summed E-state index contributed by atoms with van der Waals surface area (Å²) >= 11 is 0.627. The van der Waals surface area contributed by atoms with Crippen molar-refractivity contribution in [1.29, 1.82) is 0 Å². The number of carbonyl (C=O) groups is 3. The topological polar surface area (TPSA) is 88.8 Å². The van der Waals surface area contributed by atoms with Gasteiger partial charge in [0.25, 0.3) is 11.1 Å². The number of benzene rings is 1. The lowest BCUT2D eigenvalue weighted by molar-refractivity contribution is -0.137. The Morgan fingerprint density at radius 2 is 2.07 bits per heavy atom. The highest BCUT2D eigenvalue weighted by Crippen LogP contribution is 2.35. The van der Waals surface area contributed by atoms with Gasteiger partial charge in [-0.05, 0) is 42.1 Å². The minimum atomic E-state index is -4.62. The molecule has 0 bridgehead atoms. The van der Waals surface area contributed by atoms with Crippen LogP contribution in [-0.2, 0) is 15.8 Å². The lowest BCUT2D eigenvalue weighted by Gasteiger charge is -2.16. The van der Waals surface area contributed by atoms with E-state index < -0.39 is 35.3 Å². The highest BCUT2D eigenvalue weighted by atomic mass is 32.2. The average Bonchev–Trinajstić information content (AvgIpc) is 3.25. The monoisotopic (exact) mass is 426 g/mol. The molecule has 11 heteroatoms. The van der Waals surface area contributed by atoms with Crippen LogP contribution >= 0.6 is 11.8 Å². The highest BCUT2D eigenvalue weighted by molar-refractivity contribution is 8.18. The van der Waals surface area contributed by atoms with Gasteiger partial charge in [0.15, 0.2) is 0 Å². The molecule has 29 heavy (non-hydrogen) atoms. The number of rotatable bonds is 5. The molecule has 152 valence electrons. The molecule has 2 aromatic rings. The van der Waals surface area contributed by atoms with Crippen LogP contribution in [0.25, 0.3) is 6.08 Å². The van der Waals surface area contributed by atoms with E-state index in [9.17, 15) is 27.6 Å². The molecule has 0 aliphatic carbocycles. The summed E-state index contributed by atoms with van der Waals surface area (Å²) in [6, 6.07) is 5.77. The molecule has 3 amide bonds. The minimum absolute atomic E-state index is 0.00166. The summed E-state index contributed by atoms with van der Waals surface area (Å²) in [4.78, 5) is 37.4. The number of imide groups is 1. The number of hydrogen-bond donors (Lipinski definition) is 1. The smallest absolute Gasteiger partial charge is 0.416 e. The molecule has 0 radical (unpaired) electrons. The van der Waals surface area contributed by atoms with Crippen LogP contribution in [0.1, 0.15) is 11.3 Å². The number of carbonyl (C=O) groups excluding carboxylic acids is 3. The van der Waals surface area contributed by atoms with Gasteiger partial charge in [-0.2, -0.15) is 13.2 Å². The van der Waals surface area contributed by atoms with Crippen LogP contribution < -0.4 is 10.1 Å². The number of alkyl halides is 3. The van der Waals surface area contributed by atoms with Crippen molar-refractivity contribution in [1.82, 2.24) is 4.90 Å². The summed E-state index contributed by atoms with van der Waals surface area (Å²) in [6.45, 7) is -0.667. The van der Waals surface area contributed by atoms with E-state index >= 15 is 0 Å². The van der Waals surface area contributed by atoms with Crippen molar-refractivity contribution in [3.63, 3.8) is 0 Å². The van der Waals surface area contributed by atoms with Crippen molar-refractivity contribution < 1.29 is 36.7 Å². The number of hydrogen-bond acceptors (Lipinski definition) is 6. The number of anilines is 1. The number of methoxy groups -OCH3 is 1. The van der Waals surface area contributed by atoms with Crippen molar-refractivity contribution in [2.45, 2.75) is 6.18 Å². The summed E-state index contributed by atoms with van der Waals surface area (Å²) < 4.78 is 48.7. The van der Waals surface area contributed by atoms with E-state index in [-0.39, 0.29) is 16.3 Å². The number of nitrogens with one attached hydrogen (secondary N) is 1. The Labute approximate surface area is 166 Å². The lowest BCUT2D eigenvalue weighted by Crippen LogP contribution is -2.36. The van der Waals surface area contributed by atoms with Crippen molar-refractivity contribution in [3.8, 4) is 5.75 Å². The van der Waals surface area contributed by atoms with Gasteiger partial charge >= 0.3 is 6.18 Å². The standard InChI is InChI=1S/C18H13F3N2O5S/c1-27-13-5-4-10(18(19,20)21)7-12(13)22-15(24)9-23-16(25)14(29-17(23)26)8-11-3-2-6-28-11/h2-8H,9H2,1H3,(H,22,24)/b14-8-. The largest absolute Gasteiger partial charge is 0.495 e. The Morgan fingerprint density at radius 3 is 2.69 bits per heavy atom. The summed E-state index contributed by atoms with van der Waals surface area (Å²) in [5, 5.41) is 1.56. The zero-order valence-corrected chi connectivity index (χ0v) is 15.6. The zero-order chi connectivity index (χ0) is 21.2. The van der Waals surface area contributed by atoms with Gasteiger partial charge in [0, 0.05) is 6.08 Å². The maximum Gasteiger partial charge on any atom is 0.416 e. The van der Waals surface area contributed by atoms with Crippen molar-refractivity contribution >= 4 is 40.6 Å². The number of nitrogens with zero attached hydrogens (tertiary/aromatic N) is 1. The Bertz CT molecular complexity index is 986. The van der Waals surface area contributed by atoms with Crippen LogP contribution in [0, 0.1) is 0 Å². The Kier molecular flexibility index (Phi) is 5.69. The molecule has 3 rings (SSSR count). The van der Waals surface area contributed by atoms with Crippen LogP contribution in [0.4, 0.5) is 23.7 Å². The molecule has 7 nitrogen and oxygen atoms in total. The summed E-state index contributed by atoms with van der Waals surface area (Å²) in [5.41, 5.74) is -1.22. The first kappa shape index (κ1) is 20.5. The minimum Gasteiger partial charge on any atom is -0.495 e. The lowest BCUT2D eigenvalue weighted by atomic mass is 10.1. The fraction of sp³-hybridized carbons (Fsp3) is 0.167. The normalized spacial score (nSPS) is 15.9. The molecule has 1 N–H and O–H groups in total. The maximum atomic E-state index is 12.9. The fourth-order valence-corrected chi connectivity index (χ4v) is 3.27. The van der Waals surface area contributed by atoms with E-state index in [1.807, 2.05) is 0 Å².